The van der Waals surface area contributed by atoms with Gasteiger partial charge in [0, 0.05) is 11.3 Å². The Labute approximate surface area is 163 Å². The van der Waals surface area contributed by atoms with Gasteiger partial charge >= 0.3 is 0 Å². The summed E-state index contributed by atoms with van der Waals surface area (Å²) in [4.78, 5) is 12.1. The number of amides is 1. The second-order valence-corrected chi connectivity index (χ2v) is 6.75. The quantitative estimate of drug-likeness (QED) is 0.301. The third kappa shape index (κ3) is 3.86. The third-order valence-corrected chi connectivity index (χ3v) is 4.70. The van der Waals surface area contributed by atoms with E-state index in [1.165, 1.54) is 5.56 Å². The fourth-order valence-electron chi connectivity index (χ4n) is 3.25. The molecule has 0 unspecified atom stereocenters. The first-order valence-electron chi connectivity index (χ1n) is 9.24. The number of benzene rings is 4. The SMILES string of the molecule is Cc1ccc(NCC(=O)NN=Cc2c3ccccc3cc3ccccc23)cc1. The van der Waals surface area contributed by atoms with E-state index in [1.807, 2.05) is 55.5 Å². The first-order valence-corrected chi connectivity index (χ1v) is 9.24. The minimum atomic E-state index is -0.193. The molecule has 0 radical (unpaired) electrons. The molecule has 0 atom stereocenters. The number of hydrazone groups is 1. The maximum absolute atomic E-state index is 12.1. The smallest absolute Gasteiger partial charge is 0.259 e. The summed E-state index contributed by atoms with van der Waals surface area (Å²) in [7, 11) is 0. The highest BCUT2D eigenvalue weighted by Gasteiger charge is 2.06. The number of hydrogen-bond acceptors (Lipinski definition) is 3. The number of nitrogens with one attached hydrogen (secondary N) is 2. The van der Waals surface area contributed by atoms with Gasteiger partial charge in [0.05, 0.1) is 12.8 Å². The van der Waals surface area contributed by atoms with E-state index in [4.69, 9.17) is 0 Å². The molecule has 4 heteroatoms. The standard InChI is InChI=1S/C24H21N3O/c1-17-10-12-20(13-11-17)25-16-24(28)27-26-15-23-21-8-4-2-6-18(21)14-19-7-3-5-9-22(19)23/h2-15,25H,16H2,1H3,(H,27,28). The van der Waals surface area contributed by atoms with Crippen LogP contribution < -0.4 is 10.7 Å². The van der Waals surface area contributed by atoms with Crippen LogP contribution in [0.2, 0.25) is 0 Å². The van der Waals surface area contributed by atoms with Crippen LogP contribution >= 0.6 is 0 Å². The Hall–Kier alpha value is -3.66. The number of fused-ring (bicyclic) bond motifs is 2. The zero-order chi connectivity index (χ0) is 19.3. The Morgan fingerprint density at radius 2 is 1.50 bits per heavy atom. The number of nitrogens with zero attached hydrogens (tertiary/aromatic N) is 1. The average Bonchev–Trinajstić information content (AvgIpc) is 2.73. The molecular formula is C24H21N3O. The van der Waals surface area contributed by atoms with Crippen molar-refractivity contribution in [3.05, 3.63) is 90.0 Å². The summed E-state index contributed by atoms with van der Waals surface area (Å²) in [5, 5.41) is 11.8. The first kappa shape index (κ1) is 17.7. The zero-order valence-electron chi connectivity index (χ0n) is 15.6. The van der Waals surface area contributed by atoms with Gasteiger partial charge in [0.1, 0.15) is 0 Å². The molecule has 0 aromatic heterocycles. The number of hydrogen-bond donors (Lipinski definition) is 2. The minimum absolute atomic E-state index is 0.163. The Balaban J connectivity index is 1.51. The molecule has 4 aromatic carbocycles. The van der Waals surface area contributed by atoms with Crippen molar-refractivity contribution in [2.75, 3.05) is 11.9 Å². The molecule has 0 aliphatic carbocycles. The van der Waals surface area contributed by atoms with Crippen LogP contribution in [0.15, 0.2) is 84.0 Å². The van der Waals surface area contributed by atoms with Crippen molar-refractivity contribution in [1.29, 1.82) is 0 Å². The summed E-state index contributed by atoms with van der Waals surface area (Å²) in [5.41, 5.74) is 5.70. The lowest BCUT2D eigenvalue weighted by atomic mass is 9.97. The topological polar surface area (TPSA) is 53.5 Å². The van der Waals surface area contributed by atoms with Crippen molar-refractivity contribution in [3.63, 3.8) is 0 Å². The zero-order valence-corrected chi connectivity index (χ0v) is 15.6. The molecule has 2 N–H and O–H groups in total. The van der Waals surface area contributed by atoms with Crippen molar-refractivity contribution in [3.8, 4) is 0 Å². The van der Waals surface area contributed by atoms with Crippen LogP contribution in [-0.2, 0) is 4.79 Å². The average molecular weight is 367 g/mol. The predicted molar refractivity (Wildman–Crippen MR) is 117 cm³/mol. The number of carbonyl (C=O) groups excluding carboxylic acids is 1. The van der Waals surface area contributed by atoms with Crippen LogP contribution in [-0.4, -0.2) is 18.7 Å². The normalized spacial score (nSPS) is 11.2. The fourth-order valence-corrected chi connectivity index (χ4v) is 3.25. The highest BCUT2D eigenvalue weighted by Crippen LogP contribution is 2.27. The lowest BCUT2D eigenvalue weighted by Gasteiger charge is -2.08. The summed E-state index contributed by atoms with van der Waals surface area (Å²) in [6, 6.07) is 26.5. The van der Waals surface area contributed by atoms with Crippen LogP contribution in [0.25, 0.3) is 21.5 Å². The van der Waals surface area contributed by atoms with E-state index in [2.05, 4.69) is 46.2 Å². The molecule has 0 bridgehead atoms. The molecular weight excluding hydrogens is 346 g/mol. The predicted octanol–water partition coefficient (Wildman–Crippen LogP) is 4.86. The maximum atomic E-state index is 12.1. The van der Waals surface area contributed by atoms with Crippen molar-refractivity contribution >= 4 is 39.4 Å². The van der Waals surface area contributed by atoms with Gasteiger partial charge in [-0.3, -0.25) is 4.79 Å². The fraction of sp³-hybridized carbons (Fsp3) is 0.0833. The Morgan fingerprint density at radius 3 is 2.14 bits per heavy atom. The van der Waals surface area contributed by atoms with Gasteiger partial charge in [-0.15, -0.1) is 0 Å². The number of rotatable bonds is 5. The van der Waals surface area contributed by atoms with Crippen LogP contribution in [0.1, 0.15) is 11.1 Å². The highest BCUT2D eigenvalue weighted by molar-refractivity contribution is 6.13. The van der Waals surface area contributed by atoms with E-state index in [0.29, 0.717) is 0 Å². The van der Waals surface area contributed by atoms with Gasteiger partial charge in [-0.1, -0.05) is 66.2 Å². The molecule has 0 saturated carbocycles. The number of aryl methyl sites for hydroxylation is 1. The third-order valence-electron chi connectivity index (χ3n) is 4.70. The molecule has 0 spiro atoms. The van der Waals surface area contributed by atoms with Crippen molar-refractivity contribution in [1.82, 2.24) is 5.43 Å². The molecule has 4 aromatic rings. The Bertz CT molecular complexity index is 1110. The van der Waals surface area contributed by atoms with E-state index in [9.17, 15) is 4.79 Å². The van der Waals surface area contributed by atoms with Crippen LogP contribution in [0.5, 0.6) is 0 Å². The van der Waals surface area contributed by atoms with Crippen molar-refractivity contribution in [2.45, 2.75) is 6.92 Å². The number of anilines is 1. The molecule has 0 aliphatic heterocycles. The van der Waals surface area contributed by atoms with Gasteiger partial charge < -0.3 is 5.32 Å². The second kappa shape index (κ2) is 7.92. The lowest BCUT2D eigenvalue weighted by Crippen LogP contribution is -2.25. The summed E-state index contributed by atoms with van der Waals surface area (Å²) in [5.74, 6) is -0.193. The largest absolute Gasteiger partial charge is 0.376 e. The van der Waals surface area contributed by atoms with E-state index >= 15 is 0 Å². The molecule has 4 rings (SSSR count). The van der Waals surface area contributed by atoms with Gasteiger partial charge in [-0.05, 0) is 46.7 Å². The minimum Gasteiger partial charge on any atom is -0.376 e. The van der Waals surface area contributed by atoms with Crippen LogP contribution in [0.3, 0.4) is 0 Å². The first-order chi connectivity index (χ1) is 13.7. The van der Waals surface area contributed by atoms with Gasteiger partial charge in [-0.25, -0.2) is 5.43 Å². The van der Waals surface area contributed by atoms with Crippen molar-refractivity contribution < 1.29 is 4.79 Å². The molecule has 0 saturated heterocycles. The van der Waals surface area contributed by atoms with E-state index in [1.54, 1.807) is 6.21 Å². The van der Waals surface area contributed by atoms with Gasteiger partial charge in [0.15, 0.2) is 0 Å². The van der Waals surface area contributed by atoms with Crippen LogP contribution in [0.4, 0.5) is 5.69 Å². The molecule has 0 fully saturated rings. The molecule has 28 heavy (non-hydrogen) atoms. The van der Waals surface area contributed by atoms with Gasteiger partial charge in [0.2, 0.25) is 0 Å². The molecule has 0 aliphatic rings. The van der Waals surface area contributed by atoms with Crippen LogP contribution in [0, 0.1) is 6.92 Å². The van der Waals surface area contributed by atoms with Gasteiger partial charge in [-0.2, -0.15) is 5.10 Å². The summed E-state index contributed by atoms with van der Waals surface area (Å²) in [6.07, 6.45) is 1.73. The maximum Gasteiger partial charge on any atom is 0.259 e. The molecule has 0 heterocycles. The summed E-state index contributed by atoms with van der Waals surface area (Å²) >= 11 is 0. The van der Waals surface area contributed by atoms with E-state index in [0.717, 1.165) is 32.8 Å². The highest BCUT2D eigenvalue weighted by atomic mass is 16.2. The summed E-state index contributed by atoms with van der Waals surface area (Å²) in [6.45, 7) is 2.19. The second-order valence-electron chi connectivity index (χ2n) is 6.75. The Kier molecular flexibility index (Phi) is 5.02. The van der Waals surface area contributed by atoms with Gasteiger partial charge in [0.25, 0.3) is 5.91 Å². The molecule has 1 amide bonds. The van der Waals surface area contributed by atoms with E-state index < -0.39 is 0 Å². The summed E-state index contributed by atoms with van der Waals surface area (Å²) < 4.78 is 0. The molecule has 138 valence electrons. The van der Waals surface area contributed by atoms with E-state index in [-0.39, 0.29) is 12.5 Å². The van der Waals surface area contributed by atoms with Crippen molar-refractivity contribution in [2.24, 2.45) is 5.10 Å². The monoisotopic (exact) mass is 367 g/mol. The Morgan fingerprint density at radius 1 is 0.893 bits per heavy atom. The number of carbonyl (C=O) groups is 1. The molecule has 4 nitrogen and oxygen atoms in total. The lowest BCUT2D eigenvalue weighted by molar-refractivity contribution is -0.119.